The number of hydrogen-bond donors (Lipinski definition) is 3. The van der Waals surface area contributed by atoms with Crippen LogP contribution in [0.3, 0.4) is 0 Å². The van der Waals surface area contributed by atoms with E-state index >= 15 is 0 Å². The number of aryl methyl sites for hydroxylation is 2. The van der Waals surface area contributed by atoms with Gasteiger partial charge in [0.25, 0.3) is 0 Å². The Morgan fingerprint density at radius 1 is 0.611 bits per heavy atom. The highest BCUT2D eigenvalue weighted by Crippen LogP contribution is 2.46. The molecule has 0 spiro atoms. The highest BCUT2D eigenvalue weighted by Gasteiger charge is 2.28. The standard InChI is InChI=1S/C33H40O3/c1-21-16-31(35)29(19-27(21)23-10-5-3-6-11-23)33(25-14-9-15-26(34)18-25)30-20-28(22(2)17-32(30)36)24-12-7-4-8-13-24/h9,14-20,23-24,33-36H,3-8,10-13H2,1-2H3. The van der Waals surface area contributed by atoms with Crippen molar-refractivity contribution in [1.29, 1.82) is 0 Å². The summed E-state index contributed by atoms with van der Waals surface area (Å²) in [7, 11) is 0. The summed E-state index contributed by atoms with van der Waals surface area (Å²) in [5.41, 5.74) is 7.37. The second kappa shape index (κ2) is 10.6. The molecule has 3 nitrogen and oxygen atoms in total. The third-order valence-corrected chi connectivity index (χ3v) is 8.75. The molecule has 3 N–H and O–H groups in total. The summed E-state index contributed by atoms with van der Waals surface area (Å²) in [5.74, 6) is 1.33. The minimum atomic E-state index is -0.372. The van der Waals surface area contributed by atoms with E-state index in [0.29, 0.717) is 11.8 Å². The summed E-state index contributed by atoms with van der Waals surface area (Å²) in [5, 5.41) is 33.0. The normalized spacial score (nSPS) is 17.5. The maximum Gasteiger partial charge on any atom is 0.120 e. The molecule has 0 heterocycles. The van der Waals surface area contributed by atoms with Gasteiger partial charge in [0.2, 0.25) is 0 Å². The monoisotopic (exact) mass is 484 g/mol. The summed E-state index contributed by atoms with van der Waals surface area (Å²) in [6.45, 7) is 4.20. The Morgan fingerprint density at radius 2 is 1.08 bits per heavy atom. The van der Waals surface area contributed by atoms with Gasteiger partial charge in [0.05, 0.1) is 0 Å². The van der Waals surface area contributed by atoms with Crippen LogP contribution in [0.4, 0.5) is 0 Å². The van der Waals surface area contributed by atoms with E-state index in [4.69, 9.17) is 0 Å². The van der Waals surface area contributed by atoms with Gasteiger partial charge in [0.1, 0.15) is 17.2 Å². The van der Waals surface area contributed by atoms with Crippen molar-refractivity contribution < 1.29 is 15.3 Å². The lowest BCUT2D eigenvalue weighted by Gasteiger charge is -2.29. The molecule has 0 amide bonds. The average Bonchev–Trinajstić information content (AvgIpc) is 2.88. The fourth-order valence-corrected chi connectivity index (χ4v) is 6.85. The molecule has 3 aromatic carbocycles. The van der Waals surface area contributed by atoms with E-state index in [1.807, 2.05) is 24.3 Å². The molecule has 36 heavy (non-hydrogen) atoms. The molecule has 0 saturated heterocycles. The highest BCUT2D eigenvalue weighted by molar-refractivity contribution is 5.57. The van der Waals surface area contributed by atoms with Gasteiger partial charge in [-0.05, 0) is 103 Å². The molecule has 0 aromatic heterocycles. The Hall–Kier alpha value is -2.94. The van der Waals surface area contributed by atoms with Crippen molar-refractivity contribution in [2.75, 3.05) is 0 Å². The van der Waals surface area contributed by atoms with Crippen LogP contribution in [0.1, 0.15) is 121 Å². The first kappa shape index (κ1) is 24.7. The first-order valence-electron chi connectivity index (χ1n) is 13.9. The first-order valence-corrected chi connectivity index (χ1v) is 13.9. The molecule has 0 radical (unpaired) electrons. The van der Waals surface area contributed by atoms with Crippen LogP contribution in [-0.4, -0.2) is 15.3 Å². The quantitative estimate of drug-likeness (QED) is 0.317. The largest absolute Gasteiger partial charge is 0.508 e. The minimum Gasteiger partial charge on any atom is -0.508 e. The summed E-state index contributed by atoms with van der Waals surface area (Å²) >= 11 is 0. The van der Waals surface area contributed by atoms with Crippen LogP contribution >= 0.6 is 0 Å². The van der Waals surface area contributed by atoms with E-state index in [0.717, 1.165) is 27.8 Å². The smallest absolute Gasteiger partial charge is 0.120 e. The third-order valence-electron chi connectivity index (χ3n) is 8.75. The molecule has 5 rings (SSSR count). The number of rotatable bonds is 5. The number of phenolic OH excluding ortho intramolecular Hbond substituents is 3. The van der Waals surface area contributed by atoms with Crippen molar-refractivity contribution in [1.82, 2.24) is 0 Å². The van der Waals surface area contributed by atoms with Crippen molar-refractivity contribution in [3.05, 3.63) is 87.5 Å². The van der Waals surface area contributed by atoms with Crippen molar-refractivity contribution >= 4 is 0 Å². The molecule has 0 aliphatic heterocycles. The van der Waals surface area contributed by atoms with Gasteiger partial charge in [-0.3, -0.25) is 0 Å². The fourth-order valence-electron chi connectivity index (χ4n) is 6.85. The SMILES string of the molecule is Cc1cc(O)c(C(c2cccc(O)c2)c2cc(C3CCCCC3)c(C)cc2O)cc1C1CCCCC1. The highest BCUT2D eigenvalue weighted by atomic mass is 16.3. The van der Waals surface area contributed by atoms with Gasteiger partial charge in [-0.15, -0.1) is 0 Å². The second-order valence-electron chi connectivity index (χ2n) is 11.2. The third kappa shape index (κ3) is 4.98. The van der Waals surface area contributed by atoms with Gasteiger partial charge >= 0.3 is 0 Å². The predicted molar refractivity (Wildman–Crippen MR) is 146 cm³/mol. The Morgan fingerprint density at radius 3 is 1.53 bits per heavy atom. The summed E-state index contributed by atoms with van der Waals surface area (Å²) in [6.07, 6.45) is 12.3. The van der Waals surface area contributed by atoms with E-state index in [2.05, 4.69) is 26.0 Å². The Labute approximate surface area is 215 Å². The Bertz CT molecular complexity index is 1140. The van der Waals surface area contributed by atoms with Crippen LogP contribution in [0.15, 0.2) is 48.5 Å². The van der Waals surface area contributed by atoms with Gasteiger partial charge in [-0.2, -0.15) is 0 Å². The van der Waals surface area contributed by atoms with Gasteiger partial charge in [-0.1, -0.05) is 62.8 Å². The number of hydrogen-bond acceptors (Lipinski definition) is 3. The topological polar surface area (TPSA) is 60.7 Å². The molecular weight excluding hydrogens is 444 g/mol. The average molecular weight is 485 g/mol. The van der Waals surface area contributed by atoms with Crippen molar-refractivity contribution in [2.45, 2.75) is 95.8 Å². The Balaban J connectivity index is 1.68. The van der Waals surface area contributed by atoms with Gasteiger partial charge in [-0.25, -0.2) is 0 Å². The number of benzene rings is 3. The van der Waals surface area contributed by atoms with Gasteiger partial charge in [0.15, 0.2) is 0 Å². The number of aromatic hydroxyl groups is 3. The zero-order valence-electron chi connectivity index (χ0n) is 21.8. The molecule has 190 valence electrons. The number of phenols is 3. The van der Waals surface area contributed by atoms with E-state index < -0.39 is 0 Å². The van der Waals surface area contributed by atoms with Crippen LogP contribution in [0.25, 0.3) is 0 Å². The lowest BCUT2D eigenvalue weighted by atomic mass is 9.76. The molecule has 2 fully saturated rings. The second-order valence-corrected chi connectivity index (χ2v) is 11.2. The minimum absolute atomic E-state index is 0.190. The molecular formula is C33H40O3. The molecule has 0 bridgehead atoms. The van der Waals surface area contributed by atoms with Gasteiger partial charge < -0.3 is 15.3 Å². The molecule has 3 aromatic rings. The van der Waals surface area contributed by atoms with Crippen LogP contribution in [0, 0.1) is 13.8 Å². The maximum atomic E-state index is 11.3. The maximum absolute atomic E-state index is 11.3. The predicted octanol–water partition coefficient (Wildman–Crippen LogP) is 8.70. The zero-order valence-corrected chi connectivity index (χ0v) is 21.8. The van der Waals surface area contributed by atoms with Crippen molar-refractivity contribution in [3.63, 3.8) is 0 Å². The van der Waals surface area contributed by atoms with E-state index in [-0.39, 0.29) is 23.2 Å². The first-order chi connectivity index (χ1) is 17.4. The molecule has 2 saturated carbocycles. The fraction of sp³-hybridized carbons (Fsp3) is 0.455. The van der Waals surface area contributed by atoms with E-state index in [1.165, 1.54) is 75.3 Å². The van der Waals surface area contributed by atoms with Crippen LogP contribution in [-0.2, 0) is 0 Å². The summed E-state index contributed by atoms with van der Waals surface area (Å²) < 4.78 is 0. The van der Waals surface area contributed by atoms with Crippen LogP contribution in [0.2, 0.25) is 0 Å². The summed E-state index contributed by atoms with van der Waals surface area (Å²) in [4.78, 5) is 0. The molecule has 2 aliphatic carbocycles. The Kier molecular flexibility index (Phi) is 7.27. The molecule has 2 aliphatic rings. The van der Waals surface area contributed by atoms with E-state index in [1.54, 1.807) is 12.1 Å². The lowest BCUT2D eigenvalue weighted by molar-refractivity contribution is 0.436. The zero-order chi connectivity index (χ0) is 25.2. The van der Waals surface area contributed by atoms with E-state index in [9.17, 15) is 15.3 Å². The van der Waals surface area contributed by atoms with Gasteiger partial charge in [0, 0.05) is 17.0 Å². The summed E-state index contributed by atoms with van der Waals surface area (Å²) in [6, 6.07) is 15.5. The lowest BCUT2D eigenvalue weighted by Crippen LogP contribution is -2.11. The van der Waals surface area contributed by atoms with Crippen molar-refractivity contribution in [2.24, 2.45) is 0 Å². The van der Waals surface area contributed by atoms with Crippen molar-refractivity contribution in [3.8, 4) is 17.2 Å². The van der Waals surface area contributed by atoms with Crippen LogP contribution in [0.5, 0.6) is 17.2 Å². The van der Waals surface area contributed by atoms with Crippen LogP contribution < -0.4 is 0 Å². The molecule has 3 heteroatoms. The molecule has 0 unspecified atom stereocenters. The molecule has 0 atom stereocenters.